The molecule has 0 saturated heterocycles. The smallest absolute Gasteiger partial charge is 0.196 e. The summed E-state index contributed by atoms with van der Waals surface area (Å²) in [6, 6.07) is 60.1. The summed E-state index contributed by atoms with van der Waals surface area (Å²) in [5, 5.41) is 7.34. The van der Waals surface area contributed by atoms with E-state index in [1.807, 2.05) is 12.1 Å². The number of hydrogen-bond acceptors (Lipinski definition) is 0. The summed E-state index contributed by atoms with van der Waals surface area (Å²) in [5.74, 6) is 0. The molecule has 0 spiro atoms. The molecular formula is C45H28N2. The van der Waals surface area contributed by atoms with Gasteiger partial charge in [0.1, 0.15) is 0 Å². The Morgan fingerprint density at radius 3 is 1.23 bits per heavy atom. The largest absolute Gasteiger partial charge is 0.310 e. The molecule has 1 aromatic heterocycles. The van der Waals surface area contributed by atoms with Gasteiger partial charge in [-0.2, -0.15) is 0 Å². The monoisotopic (exact) mass is 596 g/mol. The minimum Gasteiger partial charge on any atom is -0.310 e. The highest BCUT2D eigenvalue weighted by Crippen LogP contribution is 2.45. The first-order valence-corrected chi connectivity index (χ1v) is 15.9. The summed E-state index contributed by atoms with van der Waals surface area (Å²) in [6.45, 7) is 8.15. The highest BCUT2D eigenvalue weighted by atomic mass is 15.0. The molecule has 1 heterocycles. The summed E-state index contributed by atoms with van der Waals surface area (Å²) in [5.41, 5.74) is 10.7. The third-order valence-electron chi connectivity index (χ3n) is 9.42. The van der Waals surface area contributed by atoms with E-state index >= 15 is 0 Å². The Morgan fingerprint density at radius 1 is 0.340 bits per heavy atom. The van der Waals surface area contributed by atoms with Gasteiger partial charge in [0.15, 0.2) is 5.69 Å². The molecule has 218 valence electrons. The molecule has 0 aliphatic heterocycles. The molecule has 0 atom stereocenters. The number of aromatic nitrogens is 1. The maximum atomic E-state index is 8.15. The number of benzene rings is 8. The van der Waals surface area contributed by atoms with E-state index in [0.717, 1.165) is 33.4 Å². The van der Waals surface area contributed by atoms with Crippen LogP contribution in [0.2, 0.25) is 0 Å². The van der Waals surface area contributed by atoms with E-state index in [0.29, 0.717) is 5.69 Å². The molecule has 2 nitrogen and oxygen atoms in total. The number of nitrogens with zero attached hydrogens (tertiary/aromatic N) is 2. The predicted octanol–water partition coefficient (Wildman–Crippen LogP) is 12.6. The molecule has 0 radical (unpaired) electrons. The molecule has 9 rings (SSSR count). The fourth-order valence-electron chi connectivity index (χ4n) is 7.44. The molecule has 8 aromatic carbocycles. The molecule has 0 amide bonds. The summed E-state index contributed by atoms with van der Waals surface area (Å²) in [6.07, 6.45) is 0. The standard InChI is InChI=1S/C45H28N2/c1-46-39-22-13-25-42(47-40-23-11-9-16-33(40)34-17-10-12-24-41(34)47)45(39)32-28-26-31(27-29-32)44-37-20-7-5-18-35(37)43(30-14-3-2-4-15-30)36-19-6-8-21-38(36)44/h2-29H. The van der Waals surface area contributed by atoms with Crippen molar-refractivity contribution in [3.05, 3.63) is 181 Å². The van der Waals surface area contributed by atoms with E-state index in [1.165, 1.54) is 49.0 Å². The first-order chi connectivity index (χ1) is 23.3. The molecular weight excluding hydrogens is 569 g/mol. The van der Waals surface area contributed by atoms with Crippen LogP contribution in [-0.2, 0) is 0 Å². The molecule has 0 fully saturated rings. The fraction of sp³-hybridized carbons (Fsp3) is 0. The predicted molar refractivity (Wildman–Crippen MR) is 198 cm³/mol. The van der Waals surface area contributed by atoms with Gasteiger partial charge < -0.3 is 4.57 Å². The molecule has 0 unspecified atom stereocenters. The van der Waals surface area contributed by atoms with Crippen LogP contribution in [0.15, 0.2) is 170 Å². The molecule has 0 N–H and O–H groups in total. The van der Waals surface area contributed by atoms with Gasteiger partial charge in [0.25, 0.3) is 0 Å². The Labute approximate surface area is 273 Å². The van der Waals surface area contributed by atoms with Crippen LogP contribution in [0, 0.1) is 6.57 Å². The number of hydrogen-bond donors (Lipinski definition) is 0. The average molecular weight is 597 g/mol. The third-order valence-corrected chi connectivity index (χ3v) is 9.42. The van der Waals surface area contributed by atoms with Crippen LogP contribution in [0.5, 0.6) is 0 Å². The van der Waals surface area contributed by atoms with Crippen LogP contribution in [0.25, 0.3) is 87.3 Å². The van der Waals surface area contributed by atoms with E-state index < -0.39 is 0 Å². The SMILES string of the molecule is [C-]#[N+]c1cccc(-n2c3ccccc3c3ccccc32)c1-c1ccc(-c2c3ccccc3c(-c3ccccc3)c3ccccc23)cc1. The van der Waals surface area contributed by atoms with Crippen LogP contribution in [0.1, 0.15) is 0 Å². The van der Waals surface area contributed by atoms with Crippen molar-refractivity contribution in [3.63, 3.8) is 0 Å². The van der Waals surface area contributed by atoms with Crippen molar-refractivity contribution >= 4 is 49.0 Å². The zero-order valence-electron chi connectivity index (χ0n) is 25.6. The maximum Gasteiger partial charge on any atom is 0.196 e. The third kappa shape index (κ3) is 4.18. The van der Waals surface area contributed by atoms with Crippen molar-refractivity contribution in [2.24, 2.45) is 0 Å². The quantitative estimate of drug-likeness (QED) is 0.141. The van der Waals surface area contributed by atoms with Gasteiger partial charge in [0.05, 0.1) is 17.6 Å². The summed E-state index contributed by atoms with van der Waals surface area (Å²) in [7, 11) is 0. The van der Waals surface area contributed by atoms with Crippen LogP contribution in [-0.4, -0.2) is 4.57 Å². The Kier molecular flexibility index (Phi) is 6.23. The van der Waals surface area contributed by atoms with Gasteiger partial charge in [0.2, 0.25) is 0 Å². The van der Waals surface area contributed by atoms with Gasteiger partial charge in [-0.3, -0.25) is 0 Å². The number of fused-ring (bicyclic) bond motifs is 5. The number of rotatable bonds is 4. The Morgan fingerprint density at radius 2 is 0.745 bits per heavy atom. The lowest BCUT2D eigenvalue weighted by molar-refractivity contribution is 1.18. The Hall–Kier alpha value is -6.43. The van der Waals surface area contributed by atoms with E-state index in [4.69, 9.17) is 6.57 Å². The maximum absolute atomic E-state index is 8.15. The van der Waals surface area contributed by atoms with Gasteiger partial charge in [-0.15, -0.1) is 0 Å². The second kappa shape index (κ2) is 10.9. The van der Waals surface area contributed by atoms with Crippen molar-refractivity contribution in [2.75, 3.05) is 0 Å². The van der Waals surface area contributed by atoms with Crippen molar-refractivity contribution in [1.82, 2.24) is 4.57 Å². The first kappa shape index (κ1) is 26.9. The minimum absolute atomic E-state index is 0.639. The van der Waals surface area contributed by atoms with E-state index in [9.17, 15) is 0 Å². The van der Waals surface area contributed by atoms with E-state index in [-0.39, 0.29) is 0 Å². The highest BCUT2D eigenvalue weighted by molar-refractivity contribution is 6.21. The molecule has 2 heteroatoms. The second-order valence-corrected chi connectivity index (χ2v) is 11.9. The van der Waals surface area contributed by atoms with E-state index in [2.05, 4.69) is 167 Å². The second-order valence-electron chi connectivity index (χ2n) is 11.9. The molecule has 0 aliphatic rings. The van der Waals surface area contributed by atoms with Crippen LogP contribution in [0.4, 0.5) is 5.69 Å². The zero-order chi connectivity index (χ0) is 31.3. The van der Waals surface area contributed by atoms with Crippen molar-refractivity contribution < 1.29 is 0 Å². The Balaban J connectivity index is 1.27. The zero-order valence-corrected chi connectivity index (χ0v) is 25.6. The average Bonchev–Trinajstić information content (AvgIpc) is 3.48. The lowest BCUT2D eigenvalue weighted by atomic mass is 9.85. The lowest BCUT2D eigenvalue weighted by Crippen LogP contribution is -1.97. The summed E-state index contributed by atoms with van der Waals surface area (Å²) in [4.78, 5) is 4.02. The van der Waals surface area contributed by atoms with Crippen molar-refractivity contribution in [1.29, 1.82) is 0 Å². The van der Waals surface area contributed by atoms with E-state index in [1.54, 1.807) is 0 Å². The molecule has 47 heavy (non-hydrogen) atoms. The van der Waals surface area contributed by atoms with Crippen LogP contribution >= 0.6 is 0 Å². The summed E-state index contributed by atoms with van der Waals surface area (Å²) < 4.78 is 2.31. The number of para-hydroxylation sites is 2. The first-order valence-electron chi connectivity index (χ1n) is 15.9. The molecule has 0 bridgehead atoms. The van der Waals surface area contributed by atoms with Crippen LogP contribution < -0.4 is 0 Å². The minimum atomic E-state index is 0.639. The van der Waals surface area contributed by atoms with Crippen LogP contribution in [0.3, 0.4) is 0 Å². The molecule has 0 saturated carbocycles. The van der Waals surface area contributed by atoms with Gasteiger partial charge >= 0.3 is 0 Å². The Bertz CT molecular complexity index is 2560. The molecule has 0 aliphatic carbocycles. The molecule has 9 aromatic rings. The normalized spacial score (nSPS) is 11.4. The topological polar surface area (TPSA) is 9.29 Å². The highest BCUT2D eigenvalue weighted by Gasteiger charge is 2.19. The van der Waals surface area contributed by atoms with Gasteiger partial charge in [0, 0.05) is 22.0 Å². The fourth-order valence-corrected chi connectivity index (χ4v) is 7.44. The lowest BCUT2D eigenvalue weighted by Gasteiger charge is -2.18. The van der Waals surface area contributed by atoms with Crippen molar-refractivity contribution in [2.45, 2.75) is 0 Å². The van der Waals surface area contributed by atoms with Crippen molar-refractivity contribution in [3.8, 4) is 39.1 Å². The van der Waals surface area contributed by atoms with Gasteiger partial charge in [-0.05, 0) is 67.6 Å². The summed E-state index contributed by atoms with van der Waals surface area (Å²) >= 11 is 0. The van der Waals surface area contributed by atoms with Gasteiger partial charge in [-0.25, -0.2) is 4.85 Å². The van der Waals surface area contributed by atoms with Gasteiger partial charge in [-0.1, -0.05) is 152 Å².